The molecule has 2 saturated heterocycles. The molecule has 2 amide bonds. The number of halogens is 3. The lowest BCUT2D eigenvalue weighted by Gasteiger charge is -2.37. The van der Waals surface area contributed by atoms with Crippen LogP contribution in [-0.4, -0.2) is 79.5 Å². The number of nitrogens with zero attached hydrogens (tertiary/aromatic N) is 3. The first kappa shape index (κ1) is 30.6. The van der Waals surface area contributed by atoms with Gasteiger partial charge < -0.3 is 24.0 Å². The molecule has 4 heterocycles. The molecule has 5 aliphatic rings. The van der Waals surface area contributed by atoms with Gasteiger partial charge in [-0.05, 0) is 73.8 Å². The number of ether oxygens (including phenoxy) is 3. The highest BCUT2D eigenvalue weighted by atomic mass is 19.4. The van der Waals surface area contributed by atoms with Crippen LogP contribution in [0.3, 0.4) is 0 Å². The van der Waals surface area contributed by atoms with E-state index in [4.69, 9.17) is 14.2 Å². The molecule has 2 saturated carbocycles. The molecular formula is C32H44F3N3O5. The summed E-state index contributed by atoms with van der Waals surface area (Å²) in [7, 11) is 1.71. The van der Waals surface area contributed by atoms with Crippen molar-refractivity contribution < 1.29 is 37.0 Å². The fourth-order valence-electron chi connectivity index (χ4n) is 8.57. The summed E-state index contributed by atoms with van der Waals surface area (Å²) in [6.45, 7) is 2.96. The molecule has 0 radical (unpaired) electrons. The van der Waals surface area contributed by atoms with Crippen LogP contribution in [-0.2, 0) is 38.1 Å². The van der Waals surface area contributed by atoms with Crippen molar-refractivity contribution in [2.24, 2.45) is 29.1 Å². The van der Waals surface area contributed by atoms with Crippen LogP contribution < -0.4 is 0 Å². The van der Waals surface area contributed by atoms with Crippen molar-refractivity contribution >= 4 is 12.0 Å². The zero-order chi connectivity index (χ0) is 30.2. The average Bonchev–Trinajstić information content (AvgIpc) is 3.54. The molecule has 8 nitrogen and oxygen atoms in total. The molecule has 6 rings (SSSR count). The first-order valence-corrected chi connectivity index (χ1v) is 16.0. The highest BCUT2D eigenvalue weighted by Gasteiger charge is 2.60. The fraction of sp³-hybridized carbons (Fsp3) is 0.781. The molecule has 0 bridgehead atoms. The summed E-state index contributed by atoms with van der Waals surface area (Å²) in [4.78, 5) is 35.3. The Kier molecular flexibility index (Phi) is 8.93. The number of carbonyl (C=O) groups is 2. The van der Waals surface area contributed by atoms with Gasteiger partial charge in [-0.3, -0.25) is 9.78 Å². The third-order valence-corrected chi connectivity index (χ3v) is 10.9. The van der Waals surface area contributed by atoms with E-state index >= 15 is 0 Å². The molecule has 0 aromatic carbocycles. The number of hydrogen-bond acceptors (Lipinski definition) is 6. The van der Waals surface area contributed by atoms with Crippen molar-refractivity contribution in [2.75, 3.05) is 46.6 Å². The lowest BCUT2D eigenvalue weighted by atomic mass is 9.78. The van der Waals surface area contributed by atoms with E-state index in [9.17, 15) is 22.8 Å². The van der Waals surface area contributed by atoms with Crippen LogP contribution in [0, 0.1) is 29.1 Å². The van der Waals surface area contributed by atoms with Gasteiger partial charge in [0.15, 0.2) is 0 Å². The van der Waals surface area contributed by atoms with Crippen LogP contribution in [0.25, 0.3) is 0 Å². The Morgan fingerprint density at radius 3 is 2.72 bits per heavy atom. The second-order valence-electron chi connectivity index (χ2n) is 13.6. The van der Waals surface area contributed by atoms with E-state index in [-0.39, 0.29) is 30.6 Å². The largest absolute Gasteiger partial charge is 0.449 e. The van der Waals surface area contributed by atoms with Gasteiger partial charge >= 0.3 is 12.3 Å². The van der Waals surface area contributed by atoms with E-state index in [0.29, 0.717) is 81.3 Å². The van der Waals surface area contributed by atoms with Gasteiger partial charge in [0.05, 0.1) is 30.3 Å². The standard InChI is InChI=1S/C32H44F3N3O5/c1-41-28-19-42-10-8-23(28)11-22-12-26-17-38(30(40)43-18-21-5-3-2-4-6-21)20-31(26,14-22)29(39)37-9-7-27-24(16-37)13-25(15-36-27)32(33,34)35/h13,15,21-23,26,28H,2-12,14,16-20H2,1H3/t22-,23?,26+,28?,31+/m1/s1. The quantitative estimate of drug-likeness (QED) is 0.427. The van der Waals surface area contributed by atoms with E-state index in [1.54, 1.807) is 16.9 Å². The minimum absolute atomic E-state index is 0.0194. The predicted molar refractivity (Wildman–Crippen MR) is 151 cm³/mol. The lowest BCUT2D eigenvalue weighted by molar-refractivity contribution is -0.144. The summed E-state index contributed by atoms with van der Waals surface area (Å²) < 4.78 is 57.4. The average molecular weight is 608 g/mol. The topological polar surface area (TPSA) is 81.2 Å². The maximum atomic E-state index is 14.5. The highest BCUT2D eigenvalue weighted by molar-refractivity contribution is 5.85. The Balaban J connectivity index is 1.19. The summed E-state index contributed by atoms with van der Waals surface area (Å²) in [6, 6.07) is 1.13. The molecular weight excluding hydrogens is 563 g/mol. The Morgan fingerprint density at radius 1 is 1.14 bits per heavy atom. The van der Waals surface area contributed by atoms with Crippen molar-refractivity contribution in [1.29, 1.82) is 0 Å². The van der Waals surface area contributed by atoms with Crippen LogP contribution in [0.15, 0.2) is 12.3 Å². The minimum atomic E-state index is -4.50. The minimum Gasteiger partial charge on any atom is -0.449 e. The molecule has 1 aromatic rings. The molecule has 2 aliphatic carbocycles. The number of rotatable bonds is 6. The van der Waals surface area contributed by atoms with Gasteiger partial charge in [-0.25, -0.2) is 4.79 Å². The maximum absolute atomic E-state index is 14.5. The normalized spacial score (nSPS) is 31.5. The number of alkyl halides is 3. The smallest absolute Gasteiger partial charge is 0.417 e. The number of likely N-dealkylation sites (tertiary alicyclic amines) is 1. The second kappa shape index (κ2) is 12.5. The van der Waals surface area contributed by atoms with Crippen molar-refractivity contribution in [3.63, 3.8) is 0 Å². The van der Waals surface area contributed by atoms with Crippen LogP contribution >= 0.6 is 0 Å². The SMILES string of the molecule is COC1COCCC1C[C@@H]1C[C@H]2CN(C(=O)OCC3CCCCC3)C[C@@]2(C(=O)N2CCc3ncc(C(F)(F)F)cc3C2)C1. The summed E-state index contributed by atoms with van der Waals surface area (Å²) in [5.74, 6) is 0.970. The van der Waals surface area contributed by atoms with Crippen LogP contribution in [0.4, 0.5) is 18.0 Å². The summed E-state index contributed by atoms with van der Waals surface area (Å²) >= 11 is 0. The Hall–Kier alpha value is -2.40. The van der Waals surface area contributed by atoms with E-state index in [1.807, 2.05) is 0 Å². The first-order valence-electron chi connectivity index (χ1n) is 16.0. The predicted octanol–water partition coefficient (Wildman–Crippen LogP) is 5.47. The van der Waals surface area contributed by atoms with Crippen LogP contribution in [0.2, 0.25) is 0 Å². The van der Waals surface area contributed by atoms with E-state index in [1.165, 1.54) is 19.3 Å². The van der Waals surface area contributed by atoms with Gasteiger partial charge in [-0.1, -0.05) is 19.3 Å². The molecule has 5 atom stereocenters. The van der Waals surface area contributed by atoms with Crippen LogP contribution in [0.1, 0.15) is 74.6 Å². The summed E-state index contributed by atoms with van der Waals surface area (Å²) in [5.41, 5.74) is -0.507. The molecule has 3 aliphatic heterocycles. The number of amides is 2. The highest BCUT2D eigenvalue weighted by Crippen LogP contribution is 2.55. The monoisotopic (exact) mass is 607 g/mol. The number of pyridine rings is 1. The Morgan fingerprint density at radius 2 is 1.95 bits per heavy atom. The molecule has 1 aromatic heterocycles. The van der Waals surface area contributed by atoms with E-state index < -0.39 is 17.2 Å². The van der Waals surface area contributed by atoms with Crippen LogP contribution in [0.5, 0.6) is 0 Å². The molecule has 11 heteroatoms. The van der Waals surface area contributed by atoms with Gasteiger partial charge in [0.25, 0.3) is 0 Å². The first-order chi connectivity index (χ1) is 20.7. The Labute approximate surface area is 251 Å². The lowest BCUT2D eigenvalue weighted by Crippen LogP contribution is -2.49. The van der Waals surface area contributed by atoms with Gasteiger partial charge in [-0.15, -0.1) is 0 Å². The van der Waals surface area contributed by atoms with Gasteiger partial charge in [0, 0.05) is 58.2 Å². The zero-order valence-corrected chi connectivity index (χ0v) is 25.1. The maximum Gasteiger partial charge on any atom is 0.417 e. The number of carbonyl (C=O) groups excluding carboxylic acids is 2. The molecule has 2 unspecified atom stereocenters. The number of aromatic nitrogens is 1. The van der Waals surface area contributed by atoms with Crippen molar-refractivity contribution in [1.82, 2.24) is 14.8 Å². The molecule has 43 heavy (non-hydrogen) atoms. The molecule has 0 N–H and O–H groups in total. The Bertz CT molecular complexity index is 1180. The third kappa shape index (κ3) is 6.39. The van der Waals surface area contributed by atoms with Crippen molar-refractivity contribution in [2.45, 2.75) is 83.0 Å². The molecule has 4 fully saturated rings. The molecule has 0 spiro atoms. The van der Waals surface area contributed by atoms with Crippen molar-refractivity contribution in [3.05, 3.63) is 29.1 Å². The second-order valence-corrected chi connectivity index (χ2v) is 13.6. The zero-order valence-electron chi connectivity index (χ0n) is 25.1. The summed E-state index contributed by atoms with van der Waals surface area (Å²) in [6.07, 6.45) is 5.53. The number of methoxy groups -OCH3 is 1. The van der Waals surface area contributed by atoms with Gasteiger partial charge in [0.1, 0.15) is 0 Å². The third-order valence-electron chi connectivity index (χ3n) is 10.9. The fourth-order valence-corrected chi connectivity index (χ4v) is 8.57. The van der Waals surface area contributed by atoms with Crippen molar-refractivity contribution in [3.8, 4) is 0 Å². The number of hydrogen-bond donors (Lipinski definition) is 0. The van der Waals surface area contributed by atoms with Gasteiger partial charge in [0.2, 0.25) is 5.91 Å². The summed E-state index contributed by atoms with van der Waals surface area (Å²) in [5, 5.41) is 0. The number of fused-ring (bicyclic) bond motifs is 2. The van der Waals surface area contributed by atoms with E-state index in [0.717, 1.165) is 44.4 Å². The molecule has 238 valence electrons. The van der Waals surface area contributed by atoms with E-state index in [2.05, 4.69) is 4.98 Å². The van der Waals surface area contributed by atoms with Gasteiger partial charge in [-0.2, -0.15) is 13.2 Å².